The Balaban J connectivity index is 1.59. The van der Waals surface area contributed by atoms with Crippen LogP contribution in [0.2, 0.25) is 0 Å². The fraction of sp³-hybridized carbons (Fsp3) is 0.0400. The summed E-state index contributed by atoms with van der Waals surface area (Å²) in [5, 5.41) is 29.2. The van der Waals surface area contributed by atoms with E-state index >= 15 is 0 Å². The van der Waals surface area contributed by atoms with Crippen LogP contribution in [0.4, 0.5) is 4.39 Å². The van der Waals surface area contributed by atoms with E-state index in [1.54, 1.807) is 36.4 Å². The second-order valence-corrected chi connectivity index (χ2v) is 7.45. The van der Waals surface area contributed by atoms with Crippen LogP contribution in [0, 0.1) is 5.82 Å². The molecule has 0 bridgehead atoms. The summed E-state index contributed by atoms with van der Waals surface area (Å²) in [6, 6.07) is 22.0. The maximum Gasteiger partial charge on any atom is 0.272 e. The summed E-state index contributed by atoms with van der Waals surface area (Å²) in [7, 11) is 0. The van der Waals surface area contributed by atoms with Crippen LogP contribution in [0.5, 0.6) is 11.8 Å². The third-order valence-corrected chi connectivity index (χ3v) is 5.44. The number of aromatic nitrogens is 3. The number of aromatic amines is 1. The van der Waals surface area contributed by atoms with E-state index in [1.807, 2.05) is 30.3 Å². The maximum atomic E-state index is 14.8. The number of nitrogens with one attached hydrogen (secondary N) is 1. The van der Waals surface area contributed by atoms with Gasteiger partial charge >= 0.3 is 0 Å². The highest BCUT2D eigenvalue weighted by Crippen LogP contribution is 2.39. The van der Waals surface area contributed by atoms with Crippen LogP contribution in [0.25, 0.3) is 27.6 Å². The van der Waals surface area contributed by atoms with E-state index in [9.17, 15) is 19.4 Å². The quantitative estimate of drug-likeness (QED) is 0.393. The average molecular weight is 427 g/mol. The maximum absolute atomic E-state index is 14.8. The summed E-state index contributed by atoms with van der Waals surface area (Å²) in [6.45, 7) is 0. The SMILES string of the molecule is O=c1[nH]nc(Cc2ccc(F)c(-n3c(O)cc(-c4ccccc4)c3O)c2)c2ccccc12. The van der Waals surface area contributed by atoms with Crippen LogP contribution in [0.3, 0.4) is 0 Å². The Morgan fingerprint density at radius 3 is 2.41 bits per heavy atom. The third-order valence-electron chi connectivity index (χ3n) is 5.44. The number of rotatable bonds is 4. The molecule has 0 fully saturated rings. The van der Waals surface area contributed by atoms with E-state index in [-0.39, 0.29) is 23.0 Å². The molecule has 0 atom stereocenters. The lowest BCUT2D eigenvalue weighted by Crippen LogP contribution is -2.11. The molecule has 2 heterocycles. The molecular weight excluding hydrogens is 409 g/mol. The predicted octanol–water partition coefficient (Wildman–Crippen LogP) is 4.52. The first kappa shape index (κ1) is 19.6. The first-order valence-electron chi connectivity index (χ1n) is 9.97. The van der Waals surface area contributed by atoms with Gasteiger partial charge in [-0.3, -0.25) is 4.79 Å². The largest absolute Gasteiger partial charge is 0.494 e. The zero-order valence-corrected chi connectivity index (χ0v) is 16.8. The van der Waals surface area contributed by atoms with Gasteiger partial charge in [0, 0.05) is 23.4 Å². The van der Waals surface area contributed by atoms with Crippen LogP contribution in [0.15, 0.2) is 83.7 Å². The highest BCUT2D eigenvalue weighted by Gasteiger charge is 2.20. The van der Waals surface area contributed by atoms with Crippen LogP contribution in [0.1, 0.15) is 11.3 Å². The van der Waals surface area contributed by atoms with Crippen molar-refractivity contribution in [3.05, 3.63) is 106 Å². The standard InChI is InChI=1S/C25H18FN3O3/c26-20-11-10-15(12-21-17-8-4-5-9-18(17)24(31)28-27-21)13-22(20)29-23(30)14-19(25(29)32)16-6-2-1-3-7-16/h1-11,13-14,30,32H,12H2,(H,28,31). The van der Waals surface area contributed by atoms with Crippen LogP contribution in [-0.4, -0.2) is 25.0 Å². The summed E-state index contributed by atoms with van der Waals surface area (Å²) in [6.07, 6.45) is 0.318. The van der Waals surface area contributed by atoms with Gasteiger partial charge in [0.05, 0.1) is 16.8 Å². The van der Waals surface area contributed by atoms with Crippen molar-refractivity contribution in [2.75, 3.05) is 0 Å². The Morgan fingerprint density at radius 1 is 0.906 bits per heavy atom. The minimum absolute atomic E-state index is 0.00779. The molecule has 6 nitrogen and oxygen atoms in total. The Kier molecular flexibility index (Phi) is 4.71. The summed E-state index contributed by atoms with van der Waals surface area (Å²) in [5.74, 6) is -1.16. The zero-order valence-electron chi connectivity index (χ0n) is 16.8. The van der Waals surface area contributed by atoms with E-state index in [0.29, 0.717) is 39.6 Å². The van der Waals surface area contributed by atoms with Crippen molar-refractivity contribution in [2.24, 2.45) is 0 Å². The number of hydrogen-bond acceptors (Lipinski definition) is 4. The van der Waals surface area contributed by atoms with Gasteiger partial charge in [-0.25, -0.2) is 14.1 Å². The van der Waals surface area contributed by atoms with Crippen molar-refractivity contribution in [3.8, 4) is 28.6 Å². The lowest BCUT2D eigenvalue weighted by atomic mass is 10.0. The van der Waals surface area contributed by atoms with Crippen LogP contribution in [-0.2, 0) is 6.42 Å². The van der Waals surface area contributed by atoms with Gasteiger partial charge in [-0.1, -0.05) is 54.6 Å². The first-order chi connectivity index (χ1) is 15.5. The van der Waals surface area contributed by atoms with Gasteiger partial charge in [0.2, 0.25) is 5.88 Å². The van der Waals surface area contributed by atoms with E-state index in [1.165, 1.54) is 12.1 Å². The lowest BCUT2D eigenvalue weighted by Gasteiger charge is -2.11. The van der Waals surface area contributed by atoms with E-state index in [2.05, 4.69) is 10.2 Å². The molecule has 7 heteroatoms. The molecule has 3 aromatic carbocycles. The van der Waals surface area contributed by atoms with Gasteiger partial charge in [0.1, 0.15) is 5.82 Å². The minimum atomic E-state index is -0.603. The molecule has 5 aromatic rings. The number of nitrogens with zero attached hydrogens (tertiary/aromatic N) is 2. The second-order valence-electron chi connectivity index (χ2n) is 7.45. The average Bonchev–Trinajstić information content (AvgIpc) is 3.11. The van der Waals surface area contributed by atoms with Crippen molar-refractivity contribution in [1.29, 1.82) is 0 Å². The number of fused-ring (bicyclic) bond motifs is 1. The molecule has 0 unspecified atom stereocenters. The topological polar surface area (TPSA) is 91.1 Å². The van der Waals surface area contributed by atoms with E-state index in [0.717, 1.165) is 4.57 Å². The number of H-pyrrole nitrogens is 1. The van der Waals surface area contributed by atoms with Crippen molar-refractivity contribution >= 4 is 10.8 Å². The Labute approximate surface area is 181 Å². The molecule has 0 amide bonds. The number of aromatic hydroxyl groups is 2. The van der Waals surface area contributed by atoms with Gasteiger partial charge < -0.3 is 10.2 Å². The molecule has 158 valence electrons. The van der Waals surface area contributed by atoms with Gasteiger partial charge in [-0.05, 0) is 29.3 Å². The molecule has 0 radical (unpaired) electrons. The van der Waals surface area contributed by atoms with Crippen LogP contribution >= 0.6 is 0 Å². The van der Waals surface area contributed by atoms with Gasteiger partial charge in [-0.2, -0.15) is 5.10 Å². The number of hydrogen-bond donors (Lipinski definition) is 3. The molecule has 32 heavy (non-hydrogen) atoms. The normalized spacial score (nSPS) is 11.2. The second kappa shape index (κ2) is 7.70. The van der Waals surface area contributed by atoms with Crippen molar-refractivity contribution in [3.63, 3.8) is 0 Å². The fourth-order valence-electron chi connectivity index (χ4n) is 3.89. The highest BCUT2D eigenvalue weighted by molar-refractivity contribution is 5.83. The summed E-state index contributed by atoms with van der Waals surface area (Å²) in [5.41, 5.74) is 2.14. The number of halogens is 1. The molecular formula is C25H18FN3O3. The van der Waals surface area contributed by atoms with Crippen LogP contribution < -0.4 is 5.56 Å². The predicted molar refractivity (Wildman–Crippen MR) is 120 cm³/mol. The first-order valence-corrected chi connectivity index (χ1v) is 9.97. The zero-order chi connectivity index (χ0) is 22.2. The van der Waals surface area contributed by atoms with Gasteiger partial charge in [-0.15, -0.1) is 0 Å². The van der Waals surface area contributed by atoms with E-state index < -0.39 is 5.82 Å². The molecule has 0 aliphatic rings. The molecule has 2 aromatic heterocycles. The smallest absolute Gasteiger partial charge is 0.272 e. The molecule has 0 spiro atoms. The summed E-state index contributed by atoms with van der Waals surface area (Å²) in [4.78, 5) is 12.0. The Morgan fingerprint density at radius 2 is 1.62 bits per heavy atom. The highest BCUT2D eigenvalue weighted by atomic mass is 19.1. The lowest BCUT2D eigenvalue weighted by molar-refractivity contribution is 0.399. The van der Waals surface area contributed by atoms with Crippen molar-refractivity contribution < 1.29 is 14.6 Å². The van der Waals surface area contributed by atoms with E-state index in [4.69, 9.17) is 0 Å². The molecule has 5 rings (SSSR count). The monoisotopic (exact) mass is 427 g/mol. The summed E-state index contributed by atoms with van der Waals surface area (Å²) < 4.78 is 15.8. The molecule has 0 saturated carbocycles. The number of benzene rings is 3. The Bertz CT molecular complexity index is 1510. The third kappa shape index (κ3) is 3.30. The molecule has 0 aliphatic heterocycles. The van der Waals surface area contributed by atoms with Crippen molar-refractivity contribution in [2.45, 2.75) is 6.42 Å². The van der Waals surface area contributed by atoms with Gasteiger partial charge in [0.25, 0.3) is 5.56 Å². The molecule has 0 aliphatic carbocycles. The fourth-order valence-corrected chi connectivity index (χ4v) is 3.89. The van der Waals surface area contributed by atoms with Crippen molar-refractivity contribution in [1.82, 2.24) is 14.8 Å². The minimum Gasteiger partial charge on any atom is -0.494 e. The Hall–Kier alpha value is -4.39. The van der Waals surface area contributed by atoms with Gasteiger partial charge in [0.15, 0.2) is 5.88 Å². The molecule has 0 saturated heterocycles. The molecule has 3 N–H and O–H groups in total. The summed E-state index contributed by atoms with van der Waals surface area (Å²) >= 11 is 0.